The monoisotopic (exact) mass is 272 g/mol. The molecule has 6 heteroatoms. The Kier molecular flexibility index (Phi) is 5.75. The first-order chi connectivity index (χ1) is 6.97. The zero-order chi connectivity index (χ0) is 13.0. The second kappa shape index (κ2) is 5.68. The average Bonchev–Trinajstić information content (AvgIpc) is 1.97. The van der Waals surface area contributed by atoms with E-state index < -0.39 is 29.2 Å². The Hall–Kier alpha value is 0.184. The summed E-state index contributed by atoms with van der Waals surface area (Å²) < 4.78 is 42.5. The quantitative estimate of drug-likeness (QED) is 0.633. The van der Waals surface area contributed by atoms with E-state index in [-0.39, 0.29) is 6.04 Å². The minimum atomic E-state index is -4.05. The van der Waals surface area contributed by atoms with E-state index >= 15 is 0 Å². The molecule has 98 valence electrons. The number of hydrogen-bond donors (Lipinski definition) is 0. The third-order valence-electron chi connectivity index (χ3n) is 2.42. The van der Waals surface area contributed by atoms with Gasteiger partial charge in [0.1, 0.15) is 0 Å². The number of hydrogen-bond acceptors (Lipinski definition) is 1. The Morgan fingerprint density at radius 1 is 0.938 bits per heavy atom. The molecule has 0 radical (unpaired) electrons. The summed E-state index contributed by atoms with van der Waals surface area (Å²) in [5, 5.41) is 0. The maximum Gasteiger partial charge on any atom is 0.388 e. The van der Waals surface area contributed by atoms with Gasteiger partial charge in [0, 0.05) is 6.42 Å². The first-order valence-electron chi connectivity index (χ1n) is 5.74. The highest BCUT2D eigenvalue weighted by atomic mass is 28.4. The van der Waals surface area contributed by atoms with Crippen LogP contribution >= 0.6 is 0 Å². The number of alkyl halides is 3. The molecule has 0 aliphatic heterocycles. The van der Waals surface area contributed by atoms with Crippen molar-refractivity contribution in [1.29, 1.82) is 0 Å². The van der Waals surface area contributed by atoms with Gasteiger partial charge in [-0.25, -0.2) is 0 Å². The Bertz CT molecular complexity index is 215. The van der Waals surface area contributed by atoms with Gasteiger partial charge in [0.15, 0.2) is 16.6 Å². The summed E-state index contributed by atoms with van der Waals surface area (Å²) in [5.41, 5.74) is 0. The molecule has 0 aromatic rings. The van der Waals surface area contributed by atoms with Gasteiger partial charge >= 0.3 is 6.18 Å². The molecule has 0 spiro atoms. The fraction of sp³-hybridized carbons (Fsp3) is 1.00. The van der Waals surface area contributed by atoms with Crippen LogP contribution in [0.3, 0.4) is 0 Å². The molecule has 0 amide bonds. The molecule has 0 aliphatic carbocycles. The van der Waals surface area contributed by atoms with E-state index in [2.05, 4.69) is 20.0 Å². The fourth-order valence-electron chi connectivity index (χ4n) is 1.89. The zero-order valence-electron chi connectivity index (χ0n) is 10.9. The standard InChI is InChI=1S/C10H23F3OSi2/c1-6-8-15(2,3)14-16(4,5)9-7-10(11,12)13/h6-9H2,1-5H3. The van der Waals surface area contributed by atoms with Crippen LogP contribution in [0.15, 0.2) is 0 Å². The second-order valence-electron chi connectivity index (χ2n) is 5.49. The van der Waals surface area contributed by atoms with Crippen LogP contribution in [0.1, 0.15) is 19.8 Å². The van der Waals surface area contributed by atoms with Crippen LogP contribution in [-0.4, -0.2) is 22.8 Å². The average molecular weight is 272 g/mol. The Labute approximate surface area is 98.6 Å². The predicted molar refractivity (Wildman–Crippen MR) is 66.6 cm³/mol. The van der Waals surface area contributed by atoms with Gasteiger partial charge in [-0.3, -0.25) is 0 Å². The molecule has 0 heterocycles. The van der Waals surface area contributed by atoms with Crippen molar-refractivity contribution in [1.82, 2.24) is 0 Å². The van der Waals surface area contributed by atoms with Crippen LogP contribution in [-0.2, 0) is 4.12 Å². The molecular weight excluding hydrogens is 249 g/mol. The van der Waals surface area contributed by atoms with Crippen LogP contribution < -0.4 is 0 Å². The minimum Gasteiger partial charge on any atom is -0.455 e. The highest BCUT2D eigenvalue weighted by Crippen LogP contribution is 2.29. The minimum absolute atomic E-state index is 0.177. The van der Waals surface area contributed by atoms with Crippen LogP contribution in [0, 0.1) is 0 Å². The van der Waals surface area contributed by atoms with E-state index in [1.165, 1.54) is 0 Å². The maximum absolute atomic E-state index is 12.1. The highest BCUT2D eigenvalue weighted by Gasteiger charge is 2.36. The van der Waals surface area contributed by atoms with Crippen LogP contribution in [0.4, 0.5) is 13.2 Å². The first-order valence-corrected chi connectivity index (χ1v) is 12.0. The lowest BCUT2D eigenvalue weighted by Crippen LogP contribution is -2.44. The van der Waals surface area contributed by atoms with Crippen LogP contribution in [0.2, 0.25) is 38.3 Å². The van der Waals surface area contributed by atoms with E-state index in [1.807, 2.05) is 13.1 Å². The number of halogens is 3. The van der Waals surface area contributed by atoms with Crippen molar-refractivity contribution >= 4 is 16.6 Å². The molecule has 0 aliphatic rings. The molecule has 0 bridgehead atoms. The van der Waals surface area contributed by atoms with Crippen molar-refractivity contribution in [2.45, 2.75) is 64.2 Å². The summed E-state index contributed by atoms with van der Waals surface area (Å²) in [5.74, 6) is 0. The molecule has 0 N–H and O–H groups in total. The van der Waals surface area contributed by atoms with E-state index in [0.717, 1.165) is 12.5 Å². The Morgan fingerprint density at radius 3 is 1.75 bits per heavy atom. The molecule has 0 fully saturated rings. The molecule has 16 heavy (non-hydrogen) atoms. The molecule has 0 unspecified atom stereocenters. The largest absolute Gasteiger partial charge is 0.455 e. The smallest absolute Gasteiger partial charge is 0.388 e. The molecule has 0 atom stereocenters. The van der Waals surface area contributed by atoms with E-state index in [9.17, 15) is 13.2 Å². The van der Waals surface area contributed by atoms with Gasteiger partial charge in [0.05, 0.1) is 0 Å². The van der Waals surface area contributed by atoms with Gasteiger partial charge in [0.25, 0.3) is 0 Å². The first kappa shape index (κ1) is 16.2. The van der Waals surface area contributed by atoms with Crippen molar-refractivity contribution in [3.05, 3.63) is 0 Å². The topological polar surface area (TPSA) is 9.23 Å². The van der Waals surface area contributed by atoms with E-state index in [0.29, 0.717) is 0 Å². The van der Waals surface area contributed by atoms with Crippen LogP contribution in [0.5, 0.6) is 0 Å². The molecule has 0 saturated heterocycles. The second-order valence-corrected chi connectivity index (χ2v) is 14.3. The highest BCUT2D eigenvalue weighted by molar-refractivity contribution is 6.84. The normalized spacial score (nSPS) is 14.2. The third kappa shape index (κ3) is 8.35. The molecular formula is C10H23F3OSi2. The Morgan fingerprint density at radius 2 is 1.38 bits per heavy atom. The Balaban J connectivity index is 4.23. The van der Waals surface area contributed by atoms with Gasteiger partial charge < -0.3 is 4.12 Å². The van der Waals surface area contributed by atoms with Crippen molar-refractivity contribution in [2.75, 3.05) is 0 Å². The van der Waals surface area contributed by atoms with Gasteiger partial charge in [0.2, 0.25) is 0 Å². The fourth-order valence-corrected chi connectivity index (χ4v) is 10.8. The summed E-state index contributed by atoms with van der Waals surface area (Å²) in [6, 6.07) is 1.20. The van der Waals surface area contributed by atoms with Gasteiger partial charge in [-0.05, 0) is 38.3 Å². The van der Waals surface area contributed by atoms with E-state index in [1.54, 1.807) is 0 Å². The summed E-state index contributed by atoms with van der Waals surface area (Å²) in [7, 11) is -3.88. The summed E-state index contributed by atoms with van der Waals surface area (Å²) in [6.45, 7) is 10.1. The van der Waals surface area contributed by atoms with Crippen molar-refractivity contribution < 1.29 is 17.3 Å². The molecule has 0 aromatic carbocycles. The van der Waals surface area contributed by atoms with Gasteiger partial charge in [-0.1, -0.05) is 13.3 Å². The van der Waals surface area contributed by atoms with E-state index in [4.69, 9.17) is 4.12 Å². The third-order valence-corrected chi connectivity index (χ3v) is 9.99. The molecule has 0 aromatic heterocycles. The lowest BCUT2D eigenvalue weighted by Gasteiger charge is -2.34. The molecule has 1 nitrogen and oxygen atoms in total. The van der Waals surface area contributed by atoms with Crippen molar-refractivity contribution in [2.24, 2.45) is 0 Å². The van der Waals surface area contributed by atoms with Gasteiger partial charge in [-0.15, -0.1) is 0 Å². The summed E-state index contributed by atoms with van der Waals surface area (Å²) in [4.78, 5) is 0. The SMILES string of the molecule is CCC[Si](C)(C)O[Si](C)(C)CCC(F)(F)F. The molecule has 0 saturated carbocycles. The summed E-state index contributed by atoms with van der Waals surface area (Å²) in [6.07, 6.45) is -3.71. The lowest BCUT2D eigenvalue weighted by atomic mass is 10.5. The van der Waals surface area contributed by atoms with Crippen LogP contribution in [0.25, 0.3) is 0 Å². The zero-order valence-corrected chi connectivity index (χ0v) is 12.9. The summed E-state index contributed by atoms with van der Waals surface area (Å²) >= 11 is 0. The molecule has 0 rings (SSSR count). The number of rotatable bonds is 6. The van der Waals surface area contributed by atoms with Gasteiger partial charge in [-0.2, -0.15) is 13.2 Å². The lowest BCUT2D eigenvalue weighted by molar-refractivity contribution is -0.131. The van der Waals surface area contributed by atoms with Crippen molar-refractivity contribution in [3.8, 4) is 0 Å². The maximum atomic E-state index is 12.1. The van der Waals surface area contributed by atoms with Crippen molar-refractivity contribution in [3.63, 3.8) is 0 Å². The predicted octanol–water partition coefficient (Wildman–Crippen LogP) is 4.78.